The Morgan fingerprint density at radius 3 is 2.33 bits per heavy atom. The highest BCUT2D eigenvalue weighted by Gasteiger charge is 2.18. The molecule has 0 atom stereocenters. The van der Waals surface area contributed by atoms with E-state index in [1.807, 2.05) is 24.3 Å². The van der Waals surface area contributed by atoms with E-state index >= 15 is 0 Å². The molecule has 0 amide bonds. The monoisotopic (exact) mass is 303 g/mol. The Hall–Kier alpha value is -1.78. The van der Waals surface area contributed by atoms with Crippen molar-refractivity contribution in [3.05, 3.63) is 53.2 Å². The lowest BCUT2D eigenvalue weighted by Gasteiger charge is -2.36. The third-order valence-electron chi connectivity index (χ3n) is 3.79. The fourth-order valence-corrected chi connectivity index (χ4v) is 2.70. The standard InChI is InChI=1S/C16H18ClN3O/c17-14-1-3-15(4-2-14)19-7-9-20(10-8-19)16-11-13(12-21)5-6-18-16/h1-6,11,21H,7-10,12H2. The first-order chi connectivity index (χ1) is 10.3. The Morgan fingerprint density at radius 1 is 1.00 bits per heavy atom. The Kier molecular flexibility index (Phi) is 4.27. The summed E-state index contributed by atoms with van der Waals surface area (Å²) >= 11 is 5.93. The van der Waals surface area contributed by atoms with E-state index in [1.165, 1.54) is 5.69 Å². The first-order valence-corrected chi connectivity index (χ1v) is 7.45. The van der Waals surface area contributed by atoms with Crippen LogP contribution in [0.4, 0.5) is 11.5 Å². The number of aromatic nitrogens is 1. The fourth-order valence-electron chi connectivity index (χ4n) is 2.58. The summed E-state index contributed by atoms with van der Waals surface area (Å²) in [6.45, 7) is 3.80. The van der Waals surface area contributed by atoms with Crippen LogP contribution in [0.25, 0.3) is 0 Å². The highest BCUT2D eigenvalue weighted by atomic mass is 35.5. The minimum atomic E-state index is 0.0558. The first-order valence-electron chi connectivity index (χ1n) is 7.07. The number of anilines is 2. The van der Waals surface area contributed by atoms with Gasteiger partial charge in [0.1, 0.15) is 5.82 Å². The van der Waals surface area contributed by atoms with Crippen molar-refractivity contribution in [1.29, 1.82) is 0 Å². The zero-order valence-electron chi connectivity index (χ0n) is 11.7. The molecule has 0 radical (unpaired) electrons. The molecule has 2 aromatic rings. The van der Waals surface area contributed by atoms with Gasteiger partial charge in [-0.15, -0.1) is 0 Å². The van der Waals surface area contributed by atoms with Crippen molar-refractivity contribution in [2.75, 3.05) is 36.0 Å². The number of hydrogen-bond acceptors (Lipinski definition) is 4. The van der Waals surface area contributed by atoms with Gasteiger partial charge in [-0.2, -0.15) is 0 Å². The van der Waals surface area contributed by atoms with Crippen LogP contribution in [0, 0.1) is 0 Å². The number of pyridine rings is 1. The molecule has 4 nitrogen and oxygen atoms in total. The minimum Gasteiger partial charge on any atom is -0.392 e. The van der Waals surface area contributed by atoms with Crippen molar-refractivity contribution >= 4 is 23.1 Å². The van der Waals surface area contributed by atoms with Gasteiger partial charge in [0.05, 0.1) is 6.61 Å². The minimum absolute atomic E-state index is 0.0558. The summed E-state index contributed by atoms with van der Waals surface area (Å²) in [7, 11) is 0. The number of piperazine rings is 1. The maximum atomic E-state index is 9.21. The predicted molar refractivity (Wildman–Crippen MR) is 86.0 cm³/mol. The largest absolute Gasteiger partial charge is 0.392 e. The van der Waals surface area contributed by atoms with Gasteiger partial charge in [-0.05, 0) is 42.0 Å². The van der Waals surface area contributed by atoms with Crippen molar-refractivity contribution in [1.82, 2.24) is 4.98 Å². The molecule has 5 heteroatoms. The molecule has 0 saturated carbocycles. The number of aliphatic hydroxyl groups excluding tert-OH is 1. The molecule has 21 heavy (non-hydrogen) atoms. The molecule has 1 N–H and O–H groups in total. The lowest BCUT2D eigenvalue weighted by molar-refractivity contribution is 0.281. The van der Waals surface area contributed by atoms with Crippen LogP contribution in [0.5, 0.6) is 0 Å². The van der Waals surface area contributed by atoms with Gasteiger partial charge >= 0.3 is 0 Å². The molecule has 0 unspecified atom stereocenters. The molecular formula is C16H18ClN3O. The lowest BCUT2D eigenvalue weighted by atomic mass is 10.2. The Morgan fingerprint density at radius 2 is 1.67 bits per heavy atom. The van der Waals surface area contributed by atoms with Crippen LogP contribution in [0.15, 0.2) is 42.6 Å². The van der Waals surface area contributed by atoms with Gasteiger partial charge in [-0.3, -0.25) is 0 Å². The number of hydrogen-bond donors (Lipinski definition) is 1. The summed E-state index contributed by atoms with van der Waals surface area (Å²) in [4.78, 5) is 9.00. The molecular weight excluding hydrogens is 286 g/mol. The first kappa shape index (κ1) is 14.2. The van der Waals surface area contributed by atoms with Gasteiger partial charge in [0.25, 0.3) is 0 Å². The molecule has 1 aliphatic rings. The SMILES string of the molecule is OCc1ccnc(N2CCN(c3ccc(Cl)cc3)CC2)c1. The molecule has 110 valence electrons. The summed E-state index contributed by atoms with van der Waals surface area (Å²) in [6.07, 6.45) is 1.76. The summed E-state index contributed by atoms with van der Waals surface area (Å²) < 4.78 is 0. The van der Waals surface area contributed by atoms with E-state index in [2.05, 4.69) is 26.9 Å². The van der Waals surface area contributed by atoms with E-state index in [-0.39, 0.29) is 6.61 Å². The van der Waals surface area contributed by atoms with Crippen molar-refractivity contribution < 1.29 is 5.11 Å². The zero-order valence-corrected chi connectivity index (χ0v) is 12.5. The average molecular weight is 304 g/mol. The second kappa shape index (κ2) is 6.33. The highest BCUT2D eigenvalue weighted by molar-refractivity contribution is 6.30. The molecule has 0 spiro atoms. The molecule has 1 saturated heterocycles. The molecule has 3 rings (SSSR count). The van der Waals surface area contributed by atoms with Gasteiger partial charge in [0.15, 0.2) is 0 Å². The second-order valence-corrected chi connectivity index (χ2v) is 5.57. The van der Waals surface area contributed by atoms with Gasteiger partial charge < -0.3 is 14.9 Å². The van der Waals surface area contributed by atoms with E-state index in [0.29, 0.717) is 0 Å². The topological polar surface area (TPSA) is 39.6 Å². The molecule has 1 aromatic carbocycles. The van der Waals surface area contributed by atoms with Gasteiger partial charge in [-0.1, -0.05) is 11.6 Å². The molecule has 1 fully saturated rings. The van der Waals surface area contributed by atoms with E-state index in [9.17, 15) is 5.11 Å². The summed E-state index contributed by atoms with van der Waals surface area (Å²) in [5.74, 6) is 0.942. The summed E-state index contributed by atoms with van der Waals surface area (Å²) in [5, 5.41) is 9.97. The number of benzene rings is 1. The Balaban J connectivity index is 1.65. The van der Waals surface area contributed by atoms with Crippen LogP contribution in [-0.4, -0.2) is 36.3 Å². The van der Waals surface area contributed by atoms with Crippen LogP contribution in [0.2, 0.25) is 5.02 Å². The third kappa shape index (κ3) is 3.28. The number of halogens is 1. The normalized spacial score (nSPS) is 15.3. The van der Waals surface area contributed by atoms with E-state index in [0.717, 1.165) is 42.6 Å². The predicted octanol–water partition coefficient (Wildman–Crippen LogP) is 2.55. The maximum absolute atomic E-state index is 9.21. The average Bonchev–Trinajstić information content (AvgIpc) is 2.56. The van der Waals surface area contributed by atoms with Crippen LogP contribution in [-0.2, 0) is 6.61 Å². The van der Waals surface area contributed by atoms with E-state index in [1.54, 1.807) is 6.20 Å². The zero-order chi connectivity index (χ0) is 14.7. The quantitative estimate of drug-likeness (QED) is 0.946. The Bertz CT molecular complexity index is 595. The lowest BCUT2D eigenvalue weighted by Crippen LogP contribution is -2.46. The summed E-state index contributed by atoms with van der Waals surface area (Å²) in [5.41, 5.74) is 2.11. The number of nitrogens with zero attached hydrogens (tertiary/aromatic N) is 3. The number of rotatable bonds is 3. The van der Waals surface area contributed by atoms with Gasteiger partial charge in [-0.25, -0.2) is 4.98 Å². The van der Waals surface area contributed by atoms with Crippen molar-refractivity contribution in [2.24, 2.45) is 0 Å². The van der Waals surface area contributed by atoms with E-state index < -0.39 is 0 Å². The van der Waals surface area contributed by atoms with Crippen molar-refractivity contribution in [3.8, 4) is 0 Å². The smallest absolute Gasteiger partial charge is 0.128 e. The molecule has 0 aliphatic carbocycles. The maximum Gasteiger partial charge on any atom is 0.128 e. The fraction of sp³-hybridized carbons (Fsp3) is 0.312. The molecule has 0 bridgehead atoms. The number of aliphatic hydroxyl groups is 1. The van der Waals surface area contributed by atoms with Crippen LogP contribution >= 0.6 is 11.6 Å². The van der Waals surface area contributed by atoms with Crippen LogP contribution in [0.1, 0.15) is 5.56 Å². The third-order valence-corrected chi connectivity index (χ3v) is 4.04. The molecule has 1 aliphatic heterocycles. The van der Waals surface area contributed by atoms with E-state index in [4.69, 9.17) is 11.6 Å². The van der Waals surface area contributed by atoms with Gasteiger partial charge in [0, 0.05) is 43.1 Å². The Labute approximate surface area is 129 Å². The van der Waals surface area contributed by atoms with Crippen molar-refractivity contribution in [3.63, 3.8) is 0 Å². The second-order valence-electron chi connectivity index (χ2n) is 5.13. The molecule has 2 heterocycles. The van der Waals surface area contributed by atoms with Crippen molar-refractivity contribution in [2.45, 2.75) is 6.61 Å². The summed E-state index contributed by atoms with van der Waals surface area (Å²) in [6, 6.07) is 11.8. The van der Waals surface area contributed by atoms with Crippen LogP contribution < -0.4 is 9.80 Å². The van der Waals surface area contributed by atoms with Crippen LogP contribution in [0.3, 0.4) is 0 Å². The molecule has 1 aromatic heterocycles. The van der Waals surface area contributed by atoms with Gasteiger partial charge in [0.2, 0.25) is 0 Å². The highest BCUT2D eigenvalue weighted by Crippen LogP contribution is 2.21.